The van der Waals surface area contributed by atoms with Crippen LogP contribution in [0.1, 0.15) is 83.6 Å². The maximum Gasteiger partial charge on any atom is 0.306 e. The predicted molar refractivity (Wildman–Crippen MR) is 132 cm³/mol. The van der Waals surface area contributed by atoms with Crippen LogP contribution >= 0.6 is 0 Å². The largest absolute Gasteiger partial charge is 0.463 e. The highest BCUT2D eigenvalue weighted by Gasteiger charge is 2.40. The van der Waals surface area contributed by atoms with Gasteiger partial charge in [0.2, 0.25) is 0 Å². The summed E-state index contributed by atoms with van der Waals surface area (Å²) in [5, 5.41) is 31.3. The normalized spacial score (nSPS) is 23.9. The van der Waals surface area contributed by atoms with Crippen molar-refractivity contribution in [3.63, 3.8) is 0 Å². The molecule has 0 heterocycles. The monoisotopic (exact) mass is 460 g/mol. The summed E-state index contributed by atoms with van der Waals surface area (Å²) in [4.78, 5) is 11.5. The van der Waals surface area contributed by atoms with Gasteiger partial charge >= 0.3 is 5.97 Å². The van der Waals surface area contributed by atoms with Gasteiger partial charge in [-0.05, 0) is 89.0 Å². The van der Waals surface area contributed by atoms with Gasteiger partial charge < -0.3 is 20.1 Å². The van der Waals surface area contributed by atoms with Crippen LogP contribution in [0.5, 0.6) is 0 Å². The first-order valence-electron chi connectivity index (χ1n) is 12.8. The zero-order chi connectivity index (χ0) is 24.1. The minimum absolute atomic E-state index is 0.0306. The molecule has 1 saturated carbocycles. The number of esters is 1. The number of aliphatic hydroxyl groups excluding tert-OH is 3. The van der Waals surface area contributed by atoms with Gasteiger partial charge in [-0.3, -0.25) is 4.79 Å². The van der Waals surface area contributed by atoms with E-state index < -0.39 is 12.2 Å². The third-order valence-electron chi connectivity index (χ3n) is 6.66. The minimum atomic E-state index is -0.495. The first-order chi connectivity index (χ1) is 15.9. The number of hydrogen-bond donors (Lipinski definition) is 3. The lowest BCUT2D eigenvalue weighted by molar-refractivity contribution is -0.147. The van der Waals surface area contributed by atoms with Crippen molar-refractivity contribution in [1.29, 1.82) is 0 Å². The SMILES string of the molecule is CC(C)OC(=O)CCCCCC=CC[C@@H]1[C@@H](CC[C@@H](O)CCc2ccccc2)[C@H](O)C[C@@H]1O. The average Bonchev–Trinajstić information content (AvgIpc) is 3.05. The lowest BCUT2D eigenvalue weighted by Crippen LogP contribution is -2.23. The average molecular weight is 461 g/mol. The molecule has 3 N–H and O–H groups in total. The van der Waals surface area contributed by atoms with E-state index in [-0.39, 0.29) is 30.0 Å². The zero-order valence-electron chi connectivity index (χ0n) is 20.4. The second-order valence-corrected chi connectivity index (χ2v) is 9.80. The van der Waals surface area contributed by atoms with Crippen molar-refractivity contribution >= 4 is 5.97 Å². The standard InChI is InChI=1S/C28H44O5/c1-21(2)33-28(32)15-11-6-4-3-5-10-14-24-25(27(31)20-26(24)30)19-18-23(29)17-16-22-12-8-7-9-13-22/h5,7-10,12-13,21,23-27,29-31H,3-4,6,11,14-20H2,1-2H3/t23-,24+,25+,26-,27+/m0/s1. The smallest absolute Gasteiger partial charge is 0.306 e. The van der Waals surface area contributed by atoms with Crippen LogP contribution in [-0.4, -0.2) is 45.7 Å². The topological polar surface area (TPSA) is 87.0 Å². The molecule has 1 aromatic rings. The Kier molecular flexibility index (Phi) is 12.7. The van der Waals surface area contributed by atoms with Crippen LogP contribution in [0.15, 0.2) is 42.5 Å². The Morgan fingerprint density at radius 3 is 2.48 bits per heavy atom. The molecule has 1 aromatic carbocycles. The molecule has 1 aliphatic carbocycles. The maximum absolute atomic E-state index is 11.5. The fourth-order valence-electron chi connectivity index (χ4n) is 4.81. The Morgan fingerprint density at radius 1 is 1.03 bits per heavy atom. The number of benzene rings is 1. The molecular weight excluding hydrogens is 416 g/mol. The van der Waals surface area contributed by atoms with Crippen molar-refractivity contribution in [2.75, 3.05) is 0 Å². The molecule has 1 aliphatic rings. The molecule has 0 saturated heterocycles. The molecule has 2 rings (SSSR count). The second kappa shape index (κ2) is 15.3. The number of carbonyl (C=O) groups is 1. The van der Waals surface area contributed by atoms with E-state index in [2.05, 4.69) is 24.3 Å². The summed E-state index contributed by atoms with van der Waals surface area (Å²) in [6.07, 6.45) is 11.3. The number of aryl methyl sites for hydroxylation is 1. The maximum atomic E-state index is 11.5. The summed E-state index contributed by atoms with van der Waals surface area (Å²) in [6.45, 7) is 3.73. The Hall–Kier alpha value is -1.69. The van der Waals surface area contributed by atoms with Crippen LogP contribution in [0.3, 0.4) is 0 Å². The van der Waals surface area contributed by atoms with E-state index in [0.717, 1.165) is 51.4 Å². The quantitative estimate of drug-likeness (QED) is 0.195. The second-order valence-electron chi connectivity index (χ2n) is 9.80. The zero-order valence-corrected chi connectivity index (χ0v) is 20.4. The molecule has 1 fully saturated rings. The summed E-state index contributed by atoms with van der Waals surface area (Å²) >= 11 is 0. The van der Waals surface area contributed by atoms with Crippen molar-refractivity contribution < 1.29 is 24.9 Å². The van der Waals surface area contributed by atoms with E-state index in [1.165, 1.54) is 5.56 Å². The number of ether oxygens (including phenoxy) is 1. The highest BCUT2D eigenvalue weighted by molar-refractivity contribution is 5.69. The number of aliphatic hydroxyl groups is 3. The predicted octanol–water partition coefficient (Wildman–Crippen LogP) is 4.97. The molecule has 0 radical (unpaired) electrons. The highest BCUT2D eigenvalue weighted by Crippen LogP contribution is 2.38. The Balaban J connectivity index is 1.64. The summed E-state index contributed by atoms with van der Waals surface area (Å²) in [6, 6.07) is 10.2. The number of unbranched alkanes of at least 4 members (excludes halogenated alkanes) is 3. The van der Waals surface area contributed by atoms with Crippen molar-refractivity contribution in [3.05, 3.63) is 48.0 Å². The van der Waals surface area contributed by atoms with Crippen LogP contribution < -0.4 is 0 Å². The van der Waals surface area contributed by atoms with E-state index in [1.54, 1.807) is 0 Å². The third kappa shape index (κ3) is 10.9. The first-order valence-corrected chi connectivity index (χ1v) is 12.8. The van der Waals surface area contributed by atoms with E-state index in [0.29, 0.717) is 19.3 Å². The van der Waals surface area contributed by atoms with Crippen LogP contribution in [0.4, 0.5) is 0 Å². The molecule has 0 bridgehead atoms. The molecular formula is C28H44O5. The van der Waals surface area contributed by atoms with Crippen molar-refractivity contribution in [2.24, 2.45) is 11.8 Å². The van der Waals surface area contributed by atoms with Crippen molar-refractivity contribution in [3.8, 4) is 0 Å². The van der Waals surface area contributed by atoms with Crippen LogP contribution in [0.25, 0.3) is 0 Å². The molecule has 0 spiro atoms. The Bertz CT molecular complexity index is 687. The molecule has 186 valence electrons. The number of hydrogen-bond acceptors (Lipinski definition) is 5. The van der Waals surface area contributed by atoms with Gasteiger partial charge in [0.1, 0.15) is 0 Å². The Labute approximate surface area is 199 Å². The van der Waals surface area contributed by atoms with E-state index >= 15 is 0 Å². The molecule has 0 unspecified atom stereocenters. The number of allylic oxidation sites excluding steroid dienone is 2. The minimum Gasteiger partial charge on any atom is -0.463 e. The van der Waals surface area contributed by atoms with Gasteiger partial charge in [0.25, 0.3) is 0 Å². The van der Waals surface area contributed by atoms with Gasteiger partial charge in [0.15, 0.2) is 0 Å². The molecule has 5 nitrogen and oxygen atoms in total. The highest BCUT2D eigenvalue weighted by atomic mass is 16.5. The molecule has 5 heteroatoms. The van der Waals surface area contributed by atoms with Crippen LogP contribution in [-0.2, 0) is 16.0 Å². The fraction of sp³-hybridized carbons (Fsp3) is 0.679. The lowest BCUT2D eigenvalue weighted by Gasteiger charge is -2.23. The van der Waals surface area contributed by atoms with Gasteiger partial charge in [-0.15, -0.1) is 0 Å². The number of rotatable bonds is 15. The van der Waals surface area contributed by atoms with Crippen LogP contribution in [0, 0.1) is 11.8 Å². The van der Waals surface area contributed by atoms with E-state index in [9.17, 15) is 20.1 Å². The van der Waals surface area contributed by atoms with Crippen molar-refractivity contribution in [2.45, 2.75) is 109 Å². The third-order valence-corrected chi connectivity index (χ3v) is 6.66. The molecule has 0 aromatic heterocycles. The van der Waals surface area contributed by atoms with Gasteiger partial charge in [0.05, 0.1) is 24.4 Å². The summed E-state index contributed by atoms with van der Waals surface area (Å²) in [7, 11) is 0. The van der Waals surface area contributed by atoms with Crippen molar-refractivity contribution in [1.82, 2.24) is 0 Å². The molecule has 5 atom stereocenters. The van der Waals surface area contributed by atoms with Gasteiger partial charge in [-0.2, -0.15) is 0 Å². The van der Waals surface area contributed by atoms with Gasteiger partial charge in [-0.1, -0.05) is 48.9 Å². The molecule has 0 aliphatic heterocycles. The summed E-state index contributed by atoms with van der Waals surface area (Å²) < 4.78 is 5.14. The number of carbonyl (C=O) groups excluding carboxylic acids is 1. The van der Waals surface area contributed by atoms with Crippen LogP contribution in [0.2, 0.25) is 0 Å². The fourth-order valence-corrected chi connectivity index (χ4v) is 4.81. The molecule has 33 heavy (non-hydrogen) atoms. The summed E-state index contributed by atoms with van der Waals surface area (Å²) in [5.74, 6) is -0.0445. The summed E-state index contributed by atoms with van der Waals surface area (Å²) in [5.41, 5.74) is 1.23. The lowest BCUT2D eigenvalue weighted by atomic mass is 9.85. The van der Waals surface area contributed by atoms with Gasteiger partial charge in [0, 0.05) is 6.42 Å². The van der Waals surface area contributed by atoms with Gasteiger partial charge in [-0.25, -0.2) is 0 Å². The van der Waals surface area contributed by atoms with E-state index in [1.807, 2.05) is 32.0 Å². The molecule has 0 amide bonds. The Morgan fingerprint density at radius 2 is 1.76 bits per heavy atom. The van der Waals surface area contributed by atoms with E-state index in [4.69, 9.17) is 4.74 Å². The first kappa shape index (κ1) is 27.6.